The molecule has 1 saturated heterocycles. The van der Waals surface area contributed by atoms with Gasteiger partial charge in [0.1, 0.15) is 5.66 Å². The molecule has 0 bridgehead atoms. The number of amides is 1. The second-order valence-corrected chi connectivity index (χ2v) is 7.09. The van der Waals surface area contributed by atoms with Crippen LogP contribution in [0.5, 0.6) is 0 Å². The highest BCUT2D eigenvalue weighted by atomic mass is 16.5. The van der Waals surface area contributed by atoms with Crippen LogP contribution < -0.4 is 5.32 Å². The molecule has 22 heavy (non-hydrogen) atoms. The van der Waals surface area contributed by atoms with Crippen LogP contribution in [0, 0.1) is 5.92 Å². The molecule has 2 unspecified atom stereocenters. The number of rotatable bonds is 4. The smallest absolute Gasteiger partial charge is 0.257 e. The van der Waals surface area contributed by atoms with Crippen LogP contribution in [0.15, 0.2) is 24.3 Å². The molecule has 1 N–H and O–H groups in total. The molecule has 3 rings (SSSR count). The van der Waals surface area contributed by atoms with Gasteiger partial charge in [-0.05, 0) is 44.2 Å². The lowest BCUT2D eigenvalue weighted by molar-refractivity contribution is 0.0205. The maximum absolute atomic E-state index is 13.0. The number of carbonyl (C=O) groups is 1. The van der Waals surface area contributed by atoms with E-state index in [2.05, 4.69) is 26.1 Å². The van der Waals surface area contributed by atoms with Crippen molar-refractivity contribution in [3.63, 3.8) is 0 Å². The summed E-state index contributed by atoms with van der Waals surface area (Å²) in [5.74, 6) is 0.621. The zero-order valence-electron chi connectivity index (χ0n) is 13.8. The van der Waals surface area contributed by atoms with E-state index < -0.39 is 0 Å². The zero-order valence-corrected chi connectivity index (χ0v) is 13.8. The number of hydrogen-bond acceptors (Lipinski definition) is 3. The van der Waals surface area contributed by atoms with Crippen molar-refractivity contribution in [3.8, 4) is 0 Å². The standard InChI is InChI=1S/C18H26N2O2/c1-13(2)11-18(3)19-16-9-5-4-8-15(16)17(21)20(18)12-14-7-6-10-22-14/h4-5,8-9,13-14,19H,6-7,10-12H2,1-3H3. The molecule has 2 aliphatic rings. The summed E-state index contributed by atoms with van der Waals surface area (Å²) in [6, 6.07) is 7.80. The van der Waals surface area contributed by atoms with Crippen LogP contribution in [0.4, 0.5) is 5.69 Å². The van der Waals surface area contributed by atoms with Gasteiger partial charge < -0.3 is 15.0 Å². The molecule has 1 aromatic carbocycles. The van der Waals surface area contributed by atoms with E-state index in [9.17, 15) is 4.79 Å². The second-order valence-electron chi connectivity index (χ2n) is 7.09. The van der Waals surface area contributed by atoms with E-state index in [1.807, 2.05) is 29.2 Å². The predicted octanol–water partition coefficient (Wildman–Crippen LogP) is 3.50. The molecule has 4 nitrogen and oxygen atoms in total. The molecule has 2 atom stereocenters. The Bertz CT molecular complexity index is 552. The number of anilines is 1. The van der Waals surface area contributed by atoms with Gasteiger partial charge in [0.05, 0.1) is 11.7 Å². The summed E-state index contributed by atoms with van der Waals surface area (Å²) in [4.78, 5) is 15.0. The lowest BCUT2D eigenvalue weighted by Crippen LogP contribution is -2.60. The summed E-state index contributed by atoms with van der Waals surface area (Å²) in [5.41, 5.74) is 1.35. The van der Waals surface area contributed by atoms with E-state index in [0.717, 1.165) is 37.1 Å². The highest BCUT2D eigenvalue weighted by Gasteiger charge is 2.42. The SMILES string of the molecule is CC(C)CC1(C)Nc2ccccc2C(=O)N1CC1CCCO1. The van der Waals surface area contributed by atoms with E-state index in [-0.39, 0.29) is 17.7 Å². The first kappa shape index (κ1) is 15.3. The summed E-state index contributed by atoms with van der Waals surface area (Å²) in [6.45, 7) is 8.01. The van der Waals surface area contributed by atoms with Gasteiger partial charge >= 0.3 is 0 Å². The van der Waals surface area contributed by atoms with Crippen molar-refractivity contribution in [1.82, 2.24) is 4.90 Å². The molecule has 0 radical (unpaired) electrons. The van der Waals surface area contributed by atoms with Gasteiger partial charge in [-0.25, -0.2) is 0 Å². The number of fused-ring (bicyclic) bond motifs is 1. The predicted molar refractivity (Wildman–Crippen MR) is 87.9 cm³/mol. The van der Waals surface area contributed by atoms with Crippen molar-refractivity contribution in [1.29, 1.82) is 0 Å². The average molecular weight is 302 g/mol. The Morgan fingerprint density at radius 1 is 1.41 bits per heavy atom. The fraction of sp³-hybridized carbons (Fsp3) is 0.611. The van der Waals surface area contributed by atoms with Gasteiger partial charge in [0.2, 0.25) is 0 Å². The van der Waals surface area contributed by atoms with Crippen molar-refractivity contribution in [2.75, 3.05) is 18.5 Å². The maximum Gasteiger partial charge on any atom is 0.257 e. The lowest BCUT2D eigenvalue weighted by atomic mass is 9.92. The van der Waals surface area contributed by atoms with E-state index in [0.29, 0.717) is 12.5 Å². The molecule has 2 aliphatic heterocycles. The number of carbonyl (C=O) groups excluding carboxylic acids is 1. The molecule has 120 valence electrons. The monoisotopic (exact) mass is 302 g/mol. The molecule has 1 aromatic rings. The quantitative estimate of drug-likeness (QED) is 0.925. The van der Waals surface area contributed by atoms with Gasteiger partial charge in [-0.15, -0.1) is 0 Å². The van der Waals surface area contributed by atoms with Crippen LogP contribution in [0.2, 0.25) is 0 Å². The fourth-order valence-electron chi connectivity index (χ4n) is 3.74. The fourth-order valence-corrected chi connectivity index (χ4v) is 3.74. The number of ether oxygens (including phenoxy) is 1. The van der Waals surface area contributed by atoms with Crippen molar-refractivity contribution in [2.24, 2.45) is 5.92 Å². The van der Waals surface area contributed by atoms with Crippen LogP contribution in [0.1, 0.15) is 50.4 Å². The minimum Gasteiger partial charge on any atom is -0.376 e. The minimum atomic E-state index is -0.356. The first-order valence-corrected chi connectivity index (χ1v) is 8.30. The normalized spacial score (nSPS) is 27.9. The number of benzene rings is 1. The summed E-state index contributed by atoms with van der Waals surface area (Å²) in [7, 11) is 0. The lowest BCUT2D eigenvalue weighted by Gasteiger charge is -2.48. The molecule has 4 heteroatoms. The van der Waals surface area contributed by atoms with Gasteiger partial charge in [-0.1, -0.05) is 26.0 Å². The summed E-state index contributed by atoms with van der Waals surface area (Å²) in [5, 5.41) is 3.61. The van der Waals surface area contributed by atoms with Crippen LogP contribution in [-0.4, -0.2) is 35.7 Å². The molecular weight excluding hydrogens is 276 g/mol. The van der Waals surface area contributed by atoms with Crippen LogP contribution >= 0.6 is 0 Å². The van der Waals surface area contributed by atoms with Crippen molar-refractivity contribution < 1.29 is 9.53 Å². The highest BCUT2D eigenvalue weighted by Crippen LogP contribution is 2.35. The third-order valence-corrected chi connectivity index (χ3v) is 4.62. The van der Waals surface area contributed by atoms with Crippen LogP contribution in [0.3, 0.4) is 0 Å². The first-order valence-electron chi connectivity index (χ1n) is 8.30. The van der Waals surface area contributed by atoms with Gasteiger partial charge in [-0.3, -0.25) is 4.79 Å². The molecule has 2 heterocycles. The van der Waals surface area contributed by atoms with Gasteiger partial charge in [0.15, 0.2) is 0 Å². The van der Waals surface area contributed by atoms with Crippen LogP contribution in [-0.2, 0) is 4.74 Å². The number of nitrogens with one attached hydrogen (secondary N) is 1. The number of nitrogens with zero attached hydrogens (tertiary/aromatic N) is 1. The Morgan fingerprint density at radius 3 is 2.86 bits per heavy atom. The average Bonchev–Trinajstić information content (AvgIpc) is 2.95. The number of hydrogen-bond donors (Lipinski definition) is 1. The maximum atomic E-state index is 13.0. The Morgan fingerprint density at radius 2 is 2.18 bits per heavy atom. The van der Waals surface area contributed by atoms with E-state index >= 15 is 0 Å². The summed E-state index contributed by atoms with van der Waals surface area (Å²) >= 11 is 0. The molecule has 0 aliphatic carbocycles. The summed E-state index contributed by atoms with van der Waals surface area (Å²) < 4.78 is 5.77. The highest BCUT2D eigenvalue weighted by molar-refractivity contribution is 6.02. The van der Waals surface area contributed by atoms with Gasteiger partial charge in [0, 0.05) is 18.8 Å². The zero-order chi connectivity index (χ0) is 15.7. The molecule has 0 spiro atoms. The van der Waals surface area contributed by atoms with Gasteiger partial charge in [-0.2, -0.15) is 0 Å². The molecule has 1 fully saturated rings. The largest absolute Gasteiger partial charge is 0.376 e. The minimum absolute atomic E-state index is 0.119. The van der Waals surface area contributed by atoms with Crippen LogP contribution in [0.25, 0.3) is 0 Å². The van der Waals surface area contributed by atoms with Crippen molar-refractivity contribution in [3.05, 3.63) is 29.8 Å². The van der Waals surface area contributed by atoms with E-state index in [1.165, 1.54) is 0 Å². The van der Waals surface area contributed by atoms with Crippen molar-refractivity contribution >= 4 is 11.6 Å². The Hall–Kier alpha value is -1.55. The molecule has 0 saturated carbocycles. The Balaban J connectivity index is 1.92. The Kier molecular flexibility index (Phi) is 4.13. The molecule has 0 aromatic heterocycles. The third kappa shape index (κ3) is 2.84. The first-order chi connectivity index (χ1) is 10.5. The number of para-hydroxylation sites is 1. The molecular formula is C18H26N2O2. The van der Waals surface area contributed by atoms with Crippen molar-refractivity contribution in [2.45, 2.75) is 51.8 Å². The van der Waals surface area contributed by atoms with Gasteiger partial charge in [0.25, 0.3) is 5.91 Å². The van der Waals surface area contributed by atoms with E-state index in [4.69, 9.17) is 4.74 Å². The molecule has 1 amide bonds. The summed E-state index contributed by atoms with van der Waals surface area (Å²) in [6.07, 6.45) is 3.23. The third-order valence-electron chi connectivity index (χ3n) is 4.62. The topological polar surface area (TPSA) is 41.6 Å². The second kappa shape index (κ2) is 5.92. The van der Waals surface area contributed by atoms with E-state index in [1.54, 1.807) is 0 Å². The Labute approximate surface area is 132 Å².